The van der Waals surface area contributed by atoms with Crippen LogP contribution >= 0.6 is 11.6 Å². The maximum atomic E-state index is 13.0. The molecule has 0 aromatic heterocycles. The lowest BCUT2D eigenvalue weighted by molar-refractivity contribution is -0.384. The van der Waals surface area contributed by atoms with Crippen molar-refractivity contribution in [3.05, 3.63) is 98.1 Å². The maximum Gasteiger partial charge on any atom is 0.339 e. The number of halogens is 1. The molecule has 1 amide bonds. The summed E-state index contributed by atoms with van der Waals surface area (Å²) in [5.41, 5.74) is 0.721. The molecule has 3 aromatic rings. The van der Waals surface area contributed by atoms with Crippen LogP contribution in [0, 0.1) is 17.0 Å². The van der Waals surface area contributed by atoms with Crippen molar-refractivity contribution < 1.29 is 28.8 Å². The van der Waals surface area contributed by atoms with Crippen LogP contribution in [0.3, 0.4) is 0 Å². The summed E-state index contributed by atoms with van der Waals surface area (Å²) in [7, 11) is 1.46. The molecular formula is C24H19ClN2O7. The lowest BCUT2D eigenvalue weighted by Gasteiger charge is -2.12. The van der Waals surface area contributed by atoms with Crippen molar-refractivity contribution in [2.24, 2.45) is 0 Å². The van der Waals surface area contributed by atoms with Crippen LogP contribution in [0.2, 0.25) is 5.02 Å². The van der Waals surface area contributed by atoms with Gasteiger partial charge in [0.15, 0.2) is 12.4 Å². The summed E-state index contributed by atoms with van der Waals surface area (Å²) in [5.74, 6) is -1.70. The lowest BCUT2D eigenvalue weighted by Crippen LogP contribution is -2.22. The number of rotatable bonds is 8. The first-order valence-corrected chi connectivity index (χ1v) is 10.3. The Morgan fingerprint density at radius 1 is 1.03 bits per heavy atom. The van der Waals surface area contributed by atoms with E-state index in [-0.39, 0.29) is 21.7 Å². The van der Waals surface area contributed by atoms with Crippen LogP contribution in [0.5, 0.6) is 5.75 Å². The molecule has 0 aliphatic carbocycles. The van der Waals surface area contributed by atoms with Gasteiger partial charge in [-0.1, -0.05) is 35.9 Å². The first-order valence-electron chi connectivity index (χ1n) is 9.90. The summed E-state index contributed by atoms with van der Waals surface area (Å²) in [6, 6.07) is 14.6. The minimum atomic E-state index is -0.904. The highest BCUT2D eigenvalue weighted by atomic mass is 35.5. The number of amides is 1. The van der Waals surface area contributed by atoms with Crippen molar-refractivity contribution in [1.82, 2.24) is 0 Å². The van der Waals surface area contributed by atoms with E-state index in [1.807, 2.05) is 13.0 Å². The van der Waals surface area contributed by atoms with Crippen molar-refractivity contribution in [3.8, 4) is 5.75 Å². The normalized spacial score (nSPS) is 10.3. The number of carbonyl (C=O) groups excluding carboxylic acids is 3. The lowest BCUT2D eigenvalue weighted by atomic mass is 9.98. The smallest absolute Gasteiger partial charge is 0.339 e. The molecule has 0 heterocycles. The van der Waals surface area contributed by atoms with Gasteiger partial charge in [-0.2, -0.15) is 0 Å². The molecule has 0 unspecified atom stereocenters. The largest absolute Gasteiger partial charge is 0.495 e. The van der Waals surface area contributed by atoms with Gasteiger partial charge in [0.2, 0.25) is 0 Å². The minimum Gasteiger partial charge on any atom is -0.495 e. The van der Waals surface area contributed by atoms with Crippen molar-refractivity contribution in [2.75, 3.05) is 19.0 Å². The number of anilines is 1. The number of carbonyl (C=O) groups is 3. The average molecular weight is 483 g/mol. The molecule has 1 N–H and O–H groups in total. The Kier molecular flexibility index (Phi) is 7.60. The first-order chi connectivity index (χ1) is 16.2. The SMILES string of the molecule is COc1ccc(C)cc1NC(=O)COC(=O)c1ccccc1C(=O)c1ccc(Cl)c([N+](=O)[O-])c1. The molecule has 0 saturated heterocycles. The molecule has 34 heavy (non-hydrogen) atoms. The number of hydrogen-bond donors (Lipinski definition) is 1. The minimum absolute atomic E-state index is 0.0272. The zero-order chi connectivity index (χ0) is 24.8. The molecule has 3 aromatic carbocycles. The Hall–Kier alpha value is -4.24. The fourth-order valence-electron chi connectivity index (χ4n) is 3.12. The number of esters is 1. The number of ketones is 1. The number of nitro benzene ring substituents is 1. The van der Waals surface area contributed by atoms with Gasteiger partial charge in [-0.3, -0.25) is 19.7 Å². The number of nitrogens with one attached hydrogen (secondary N) is 1. The highest BCUT2D eigenvalue weighted by Gasteiger charge is 2.22. The van der Waals surface area contributed by atoms with Crippen LogP contribution in [-0.2, 0) is 9.53 Å². The number of ether oxygens (including phenoxy) is 2. The predicted octanol–water partition coefficient (Wildman–Crippen LogP) is 4.59. The van der Waals surface area contributed by atoms with E-state index in [0.29, 0.717) is 11.4 Å². The molecule has 0 aliphatic rings. The molecule has 0 spiro atoms. The molecule has 0 aliphatic heterocycles. The Morgan fingerprint density at radius 2 is 1.74 bits per heavy atom. The number of aryl methyl sites for hydroxylation is 1. The van der Waals surface area contributed by atoms with Gasteiger partial charge >= 0.3 is 5.97 Å². The highest BCUT2D eigenvalue weighted by molar-refractivity contribution is 6.33. The van der Waals surface area contributed by atoms with E-state index in [1.165, 1.54) is 43.5 Å². The maximum absolute atomic E-state index is 13.0. The van der Waals surface area contributed by atoms with Crippen LogP contribution in [0.4, 0.5) is 11.4 Å². The van der Waals surface area contributed by atoms with E-state index in [1.54, 1.807) is 12.1 Å². The van der Waals surface area contributed by atoms with E-state index in [2.05, 4.69) is 5.32 Å². The molecule has 0 saturated carbocycles. The molecule has 9 nitrogen and oxygen atoms in total. The Labute approximate surface area is 199 Å². The number of methoxy groups -OCH3 is 1. The van der Waals surface area contributed by atoms with Gasteiger partial charge in [-0.25, -0.2) is 4.79 Å². The molecule has 0 atom stereocenters. The van der Waals surface area contributed by atoms with Gasteiger partial charge in [-0.05, 0) is 42.8 Å². The second-order valence-corrected chi connectivity index (χ2v) is 7.53. The van der Waals surface area contributed by atoms with E-state index in [9.17, 15) is 24.5 Å². The van der Waals surface area contributed by atoms with E-state index >= 15 is 0 Å². The molecular weight excluding hydrogens is 464 g/mol. The van der Waals surface area contributed by atoms with Gasteiger partial charge < -0.3 is 14.8 Å². The molecule has 0 fully saturated rings. The molecule has 0 bridgehead atoms. The third-order valence-electron chi connectivity index (χ3n) is 4.76. The van der Waals surface area contributed by atoms with E-state index in [0.717, 1.165) is 11.6 Å². The highest BCUT2D eigenvalue weighted by Crippen LogP contribution is 2.27. The van der Waals surface area contributed by atoms with Crippen LogP contribution in [-0.4, -0.2) is 36.3 Å². The fraction of sp³-hybridized carbons (Fsp3) is 0.125. The average Bonchev–Trinajstić information content (AvgIpc) is 2.82. The van der Waals surface area contributed by atoms with Gasteiger partial charge in [0.1, 0.15) is 10.8 Å². The summed E-state index contributed by atoms with van der Waals surface area (Å²) in [5, 5.41) is 13.6. The van der Waals surface area contributed by atoms with Crippen LogP contribution < -0.4 is 10.1 Å². The summed E-state index contributed by atoms with van der Waals surface area (Å²) in [6.07, 6.45) is 0. The monoisotopic (exact) mass is 482 g/mol. The number of hydrogen-bond acceptors (Lipinski definition) is 7. The summed E-state index contributed by atoms with van der Waals surface area (Å²) in [4.78, 5) is 48.4. The van der Waals surface area contributed by atoms with E-state index < -0.39 is 34.9 Å². The Balaban J connectivity index is 1.75. The van der Waals surface area contributed by atoms with Gasteiger partial charge in [0.05, 0.1) is 23.3 Å². The zero-order valence-electron chi connectivity index (χ0n) is 18.2. The second kappa shape index (κ2) is 10.6. The third kappa shape index (κ3) is 5.57. The Morgan fingerprint density at radius 3 is 2.41 bits per heavy atom. The first kappa shape index (κ1) is 24.4. The fourth-order valence-corrected chi connectivity index (χ4v) is 3.31. The zero-order valence-corrected chi connectivity index (χ0v) is 18.9. The second-order valence-electron chi connectivity index (χ2n) is 7.13. The third-order valence-corrected chi connectivity index (χ3v) is 5.08. The summed E-state index contributed by atoms with van der Waals surface area (Å²) < 4.78 is 10.3. The van der Waals surface area contributed by atoms with Gasteiger partial charge in [0.25, 0.3) is 11.6 Å². The van der Waals surface area contributed by atoms with Crippen LogP contribution in [0.15, 0.2) is 60.7 Å². The molecule has 174 valence electrons. The van der Waals surface area contributed by atoms with E-state index in [4.69, 9.17) is 21.1 Å². The van der Waals surface area contributed by atoms with Gasteiger partial charge in [-0.15, -0.1) is 0 Å². The van der Waals surface area contributed by atoms with Crippen molar-refractivity contribution >= 4 is 40.6 Å². The topological polar surface area (TPSA) is 125 Å². The van der Waals surface area contributed by atoms with Crippen molar-refractivity contribution in [1.29, 1.82) is 0 Å². The molecule has 10 heteroatoms. The summed E-state index contributed by atoms with van der Waals surface area (Å²) in [6.45, 7) is 1.24. The Bertz CT molecular complexity index is 1290. The quantitative estimate of drug-likeness (QED) is 0.215. The van der Waals surface area contributed by atoms with Crippen molar-refractivity contribution in [3.63, 3.8) is 0 Å². The number of benzene rings is 3. The van der Waals surface area contributed by atoms with Crippen molar-refractivity contribution in [2.45, 2.75) is 6.92 Å². The standard InChI is InChI=1S/C24H19ClN2O7/c1-14-7-10-21(33-2)19(11-14)26-22(28)13-34-24(30)17-6-4-3-5-16(17)23(29)15-8-9-18(25)20(12-15)27(31)32/h3-12H,13H2,1-2H3,(H,26,28). The number of nitrogens with zero attached hydrogens (tertiary/aromatic N) is 1. The predicted molar refractivity (Wildman–Crippen MR) is 125 cm³/mol. The van der Waals surface area contributed by atoms with Crippen LogP contribution in [0.1, 0.15) is 31.8 Å². The summed E-state index contributed by atoms with van der Waals surface area (Å²) >= 11 is 5.81. The molecule has 0 radical (unpaired) electrons. The molecule has 3 rings (SSSR count). The number of nitro groups is 1. The van der Waals surface area contributed by atoms with Gasteiger partial charge in [0, 0.05) is 17.2 Å². The van der Waals surface area contributed by atoms with Crippen LogP contribution in [0.25, 0.3) is 0 Å².